The molecule has 0 saturated heterocycles. The molecule has 0 saturated carbocycles. The van der Waals surface area contributed by atoms with Crippen LogP contribution in [0.25, 0.3) is 0 Å². The summed E-state index contributed by atoms with van der Waals surface area (Å²) in [4.78, 5) is 11.9. The van der Waals surface area contributed by atoms with E-state index in [9.17, 15) is 9.18 Å². The summed E-state index contributed by atoms with van der Waals surface area (Å²) in [5.41, 5.74) is 1.40. The van der Waals surface area contributed by atoms with Gasteiger partial charge in [0.1, 0.15) is 11.6 Å². The van der Waals surface area contributed by atoms with Gasteiger partial charge in [-0.1, -0.05) is 23.7 Å². The van der Waals surface area contributed by atoms with Gasteiger partial charge in [0.05, 0.1) is 17.2 Å². The highest BCUT2D eigenvalue weighted by Crippen LogP contribution is 2.17. The quantitative estimate of drug-likeness (QED) is 0.817. The van der Waals surface area contributed by atoms with E-state index in [-0.39, 0.29) is 16.5 Å². The summed E-state index contributed by atoms with van der Waals surface area (Å²) in [6.07, 6.45) is 0.665. The Hall–Kier alpha value is -2.07. The van der Waals surface area contributed by atoms with Crippen molar-refractivity contribution in [2.75, 3.05) is 13.2 Å². The van der Waals surface area contributed by atoms with E-state index in [0.29, 0.717) is 19.6 Å². The van der Waals surface area contributed by atoms with E-state index in [0.717, 1.165) is 17.4 Å². The highest BCUT2D eigenvalue weighted by molar-refractivity contribution is 6.33. The lowest BCUT2D eigenvalue weighted by molar-refractivity contribution is 0.0951. The van der Waals surface area contributed by atoms with Crippen molar-refractivity contribution >= 4 is 17.5 Å². The Labute approximate surface area is 134 Å². The molecule has 5 heteroatoms. The van der Waals surface area contributed by atoms with Gasteiger partial charge in [-0.15, -0.1) is 0 Å². The van der Waals surface area contributed by atoms with Crippen LogP contribution in [0.3, 0.4) is 0 Å². The van der Waals surface area contributed by atoms with Crippen LogP contribution in [-0.4, -0.2) is 19.1 Å². The number of halogens is 2. The molecule has 0 fully saturated rings. The van der Waals surface area contributed by atoms with Gasteiger partial charge in [0.2, 0.25) is 0 Å². The summed E-state index contributed by atoms with van der Waals surface area (Å²) in [6, 6.07) is 11.5. The number of ether oxygens (including phenoxy) is 1. The number of carbonyl (C=O) groups is 1. The van der Waals surface area contributed by atoms with Crippen LogP contribution < -0.4 is 10.1 Å². The first-order chi connectivity index (χ1) is 10.6. The van der Waals surface area contributed by atoms with E-state index >= 15 is 0 Å². The van der Waals surface area contributed by atoms with Crippen LogP contribution in [-0.2, 0) is 0 Å². The normalized spacial score (nSPS) is 10.3. The predicted molar refractivity (Wildman–Crippen MR) is 85.0 cm³/mol. The van der Waals surface area contributed by atoms with Gasteiger partial charge in [0.25, 0.3) is 5.91 Å². The summed E-state index contributed by atoms with van der Waals surface area (Å²) in [7, 11) is 0. The van der Waals surface area contributed by atoms with E-state index in [1.165, 1.54) is 12.1 Å². The minimum atomic E-state index is -0.465. The zero-order valence-corrected chi connectivity index (χ0v) is 13.0. The standard InChI is InChI=1S/C17H17ClFNO2/c1-12-4-2-5-14(10-12)22-9-3-8-20-17(21)15-7-6-13(19)11-16(15)18/h2,4-7,10-11H,3,8-9H2,1H3,(H,20,21). The fourth-order valence-electron chi connectivity index (χ4n) is 1.94. The lowest BCUT2D eigenvalue weighted by Crippen LogP contribution is -2.25. The Bertz CT molecular complexity index is 661. The monoisotopic (exact) mass is 321 g/mol. The van der Waals surface area contributed by atoms with Gasteiger partial charge in [0, 0.05) is 6.54 Å². The van der Waals surface area contributed by atoms with Gasteiger partial charge in [-0.25, -0.2) is 4.39 Å². The maximum atomic E-state index is 12.9. The maximum absolute atomic E-state index is 12.9. The van der Waals surface area contributed by atoms with Crippen LogP contribution in [0.2, 0.25) is 5.02 Å². The van der Waals surface area contributed by atoms with Crippen molar-refractivity contribution in [2.24, 2.45) is 0 Å². The summed E-state index contributed by atoms with van der Waals surface area (Å²) in [5.74, 6) is 0.0292. The fourth-order valence-corrected chi connectivity index (χ4v) is 2.19. The van der Waals surface area contributed by atoms with Crippen molar-refractivity contribution in [3.63, 3.8) is 0 Å². The molecule has 0 unspecified atom stereocenters. The van der Waals surface area contributed by atoms with E-state index in [4.69, 9.17) is 16.3 Å². The number of hydrogen-bond donors (Lipinski definition) is 1. The van der Waals surface area contributed by atoms with Crippen molar-refractivity contribution < 1.29 is 13.9 Å². The third-order valence-electron chi connectivity index (χ3n) is 3.04. The lowest BCUT2D eigenvalue weighted by Gasteiger charge is -2.08. The number of rotatable bonds is 6. The van der Waals surface area contributed by atoms with E-state index < -0.39 is 5.82 Å². The van der Waals surface area contributed by atoms with Crippen molar-refractivity contribution in [3.05, 3.63) is 64.4 Å². The fraction of sp³-hybridized carbons (Fsp3) is 0.235. The van der Waals surface area contributed by atoms with Crippen molar-refractivity contribution in [1.82, 2.24) is 5.32 Å². The van der Waals surface area contributed by atoms with Crippen LogP contribution in [0.1, 0.15) is 22.3 Å². The highest BCUT2D eigenvalue weighted by atomic mass is 35.5. The Morgan fingerprint density at radius 3 is 2.82 bits per heavy atom. The molecule has 22 heavy (non-hydrogen) atoms. The second-order valence-corrected chi connectivity index (χ2v) is 5.31. The summed E-state index contributed by atoms with van der Waals surface area (Å²) < 4.78 is 18.5. The first-order valence-electron chi connectivity index (χ1n) is 6.99. The predicted octanol–water partition coefficient (Wildman–Crippen LogP) is 3.99. The van der Waals surface area contributed by atoms with E-state index in [1.807, 2.05) is 31.2 Å². The molecule has 0 heterocycles. The molecule has 1 N–H and O–H groups in total. The molecule has 0 aliphatic carbocycles. The second kappa shape index (κ2) is 7.80. The van der Waals surface area contributed by atoms with Crippen LogP contribution >= 0.6 is 11.6 Å². The average molecular weight is 322 g/mol. The van der Waals surface area contributed by atoms with Gasteiger partial charge in [-0.2, -0.15) is 0 Å². The first-order valence-corrected chi connectivity index (χ1v) is 7.37. The van der Waals surface area contributed by atoms with Crippen molar-refractivity contribution in [3.8, 4) is 5.75 Å². The average Bonchev–Trinajstić information content (AvgIpc) is 2.46. The molecule has 0 spiro atoms. The zero-order chi connectivity index (χ0) is 15.9. The van der Waals surface area contributed by atoms with Crippen LogP contribution in [0.4, 0.5) is 4.39 Å². The minimum Gasteiger partial charge on any atom is -0.494 e. The number of benzene rings is 2. The van der Waals surface area contributed by atoms with Gasteiger partial charge in [-0.3, -0.25) is 4.79 Å². The molecule has 0 radical (unpaired) electrons. The van der Waals surface area contributed by atoms with E-state index in [2.05, 4.69) is 5.32 Å². The number of aryl methyl sites for hydroxylation is 1. The van der Waals surface area contributed by atoms with Gasteiger partial charge < -0.3 is 10.1 Å². The van der Waals surface area contributed by atoms with Crippen molar-refractivity contribution in [1.29, 1.82) is 0 Å². The number of nitrogens with one attached hydrogen (secondary N) is 1. The molecule has 0 bridgehead atoms. The highest BCUT2D eigenvalue weighted by Gasteiger charge is 2.10. The molecular weight excluding hydrogens is 305 g/mol. The molecule has 3 nitrogen and oxygen atoms in total. The molecule has 0 atom stereocenters. The van der Waals surface area contributed by atoms with Crippen LogP contribution in [0.15, 0.2) is 42.5 Å². The molecule has 2 rings (SSSR count). The van der Waals surface area contributed by atoms with Crippen LogP contribution in [0, 0.1) is 12.7 Å². The van der Waals surface area contributed by atoms with Crippen LogP contribution in [0.5, 0.6) is 5.75 Å². The second-order valence-electron chi connectivity index (χ2n) is 4.90. The topological polar surface area (TPSA) is 38.3 Å². The van der Waals surface area contributed by atoms with Gasteiger partial charge >= 0.3 is 0 Å². The third kappa shape index (κ3) is 4.74. The Morgan fingerprint density at radius 1 is 1.27 bits per heavy atom. The molecule has 2 aromatic rings. The number of amides is 1. The molecule has 116 valence electrons. The molecule has 1 amide bonds. The molecule has 0 aromatic heterocycles. The SMILES string of the molecule is Cc1cccc(OCCCNC(=O)c2ccc(F)cc2Cl)c1. The van der Waals surface area contributed by atoms with Gasteiger partial charge in [-0.05, 0) is 49.2 Å². The van der Waals surface area contributed by atoms with Crippen molar-refractivity contribution in [2.45, 2.75) is 13.3 Å². The third-order valence-corrected chi connectivity index (χ3v) is 3.35. The molecule has 0 aliphatic rings. The smallest absolute Gasteiger partial charge is 0.252 e. The Balaban J connectivity index is 1.73. The molecule has 0 aliphatic heterocycles. The maximum Gasteiger partial charge on any atom is 0.252 e. The number of carbonyl (C=O) groups excluding carboxylic acids is 1. The molecule has 2 aromatic carbocycles. The minimum absolute atomic E-state index is 0.105. The number of hydrogen-bond acceptors (Lipinski definition) is 2. The summed E-state index contributed by atoms with van der Waals surface area (Å²) in [6.45, 7) is 2.96. The summed E-state index contributed by atoms with van der Waals surface area (Å²) in [5, 5.41) is 2.84. The molecular formula is C17H17ClFNO2. The van der Waals surface area contributed by atoms with Gasteiger partial charge in [0.15, 0.2) is 0 Å². The van der Waals surface area contributed by atoms with E-state index in [1.54, 1.807) is 0 Å². The largest absolute Gasteiger partial charge is 0.494 e. The Morgan fingerprint density at radius 2 is 2.09 bits per heavy atom. The Kier molecular flexibility index (Phi) is 5.78. The zero-order valence-electron chi connectivity index (χ0n) is 12.2. The summed E-state index contributed by atoms with van der Waals surface area (Å²) >= 11 is 5.83. The first kappa shape index (κ1) is 16.3. The lowest BCUT2D eigenvalue weighted by atomic mass is 10.2.